The average Bonchev–Trinajstić information content (AvgIpc) is 3.07. The number of Topliss-reactive ketones (excluding diaryl/α,β-unsaturated/α-hetero) is 1. The Balaban J connectivity index is 2.00. The van der Waals surface area contributed by atoms with Crippen LogP contribution in [0.3, 0.4) is 0 Å². The molecular formula is C25H26FN3O2S. The fraction of sp³-hybridized carbons (Fsp3) is 0.360. The number of halogens is 1. The molecule has 0 bridgehead atoms. The first-order valence-corrected chi connectivity index (χ1v) is 11.6. The number of furan rings is 1. The van der Waals surface area contributed by atoms with Gasteiger partial charge in [0.05, 0.1) is 17.6 Å². The molecule has 0 amide bonds. The van der Waals surface area contributed by atoms with Crippen molar-refractivity contribution >= 4 is 23.2 Å². The fourth-order valence-corrected chi connectivity index (χ4v) is 5.46. The molecule has 1 unspecified atom stereocenters. The first-order valence-electron chi connectivity index (χ1n) is 10.6. The van der Waals surface area contributed by atoms with E-state index in [2.05, 4.69) is 6.07 Å². The molecule has 1 aliphatic heterocycles. The smallest absolute Gasteiger partial charge is 0.164 e. The van der Waals surface area contributed by atoms with Crippen molar-refractivity contribution in [2.24, 2.45) is 11.1 Å². The summed E-state index contributed by atoms with van der Waals surface area (Å²) in [6.07, 6.45) is 0.986. The van der Waals surface area contributed by atoms with E-state index in [1.807, 2.05) is 33.8 Å². The number of thioether (sulfide) groups is 1. The highest BCUT2D eigenvalue weighted by atomic mass is 32.2. The number of nitriles is 1. The molecule has 166 valence electrons. The van der Waals surface area contributed by atoms with Gasteiger partial charge in [-0.15, -0.1) is 0 Å². The summed E-state index contributed by atoms with van der Waals surface area (Å²) in [6, 6.07) is 10.1. The van der Waals surface area contributed by atoms with E-state index in [1.54, 1.807) is 28.8 Å². The Kier molecular flexibility index (Phi) is 5.68. The van der Waals surface area contributed by atoms with E-state index in [0.717, 1.165) is 22.8 Å². The number of hydrogen-bond donors (Lipinski definition) is 1. The van der Waals surface area contributed by atoms with Crippen LogP contribution < -0.4 is 10.6 Å². The molecule has 1 aromatic carbocycles. The first-order chi connectivity index (χ1) is 15.2. The lowest BCUT2D eigenvalue weighted by molar-refractivity contribution is -0.118. The summed E-state index contributed by atoms with van der Waals surface area (Å²) >= 11 is 1.54. The van der Waals surface area contributed by atoms with Crippen molar-refractivity contribution < 1.29 is 13.6 Å². The van der Waals surface area contributed by atoms with Crippen LogP contribution in [-0.4, -0.2) is 11.5 Å². The van der Waals surface area contributed by atoms with E-state index in [0.29, 0.717) is 34.8 Å². The SMILES string of the molecule is CCSc1oc(C)cc1C1C(C#N)=C(N)N(c2ccc(F)cc2)C2=C1C(=O)CC(C)(C)C2. The molecule has 0 saturated heterocycles. The zero-order chi connectivity index (χ0) is 23.2. The Morgan fingerprint density at radius 1 is 1.31 bits per heavy atom. The zero-order valence-electron chi connectivity index (χ0n) is 18.7. The van der Waals surface area contributed by atoms with Crippen LogP contribution >= 0.6 is 11.8 Å². The second-order valence-corrected chi connectivity index (χ2v) is 10.2. The summed E-state index contributed by atoms with van der Waals surface area (Å²) in [7, 11) is 0. The molecule has 0 fully saturated rings. The first kappa shape index (κ1) is 22.2. The Hall–Kier alpha value is -2.98. The Bertz CT molecular complexity index is 1180. The van der Waals surface area contributed by atoms with Gasteiger partial charge in [0.2, 0.25) is 0 Å². The highest BCUT2D eigenvalue weighted by molar-refractivity contribution is 7.99. The molecule has 5 nitrogen and oxygen atoms in total. The van der Waals surface area contributed by atoms with Crippen LogP contribution in [0.4, 0.5) is 10.1 Å². The lowest BCUT2D eigenvalue weighted by Crippen LogP contribution is -2.42. The third-order valence-electron chi connectivity index (χ3n) is 5.90. The molecule has 1 aliphatic carbocycles. The molecule has 1 aromatic heterocycles. The van der Waals surface area contributed by atoms with E-state index in [-0.39, 0.29) is 22.8 Å². The lowest BCUT2D eigenvalue weighted by Gasteiger charge is -2.43. The predicted octanol–water partition coefficient (Wildman–Crippen LogP) is 5.78. The number of aryl methyl sites for hydroxylation is 1. The van der Waals surface area contributed by atoms with E-state index >= 15 is 0 Å². The number of benzene rings is 1. The molecular weight excluding hydrogens is 425 g/mol. The van der Waals surface area contributed by atoms with Gasteiger partial charge in [0.1, 0.15) is 17.4 Å². The maximum atomic E-state index is 13.6. The Morgan fingerprint density at radius 2 is 2.00 bits per heavy atom. The van der Waals surface area contributed by atoms with Crippen LogP contribution in [-0.2, 0) is 4.79 Å². The molecule has 2 aromatic rings. The zero-order valence-corrected chi connectivity index (χ0v) is 19.5. The van der Waals surface area contributed by atoms with Gasteiger partial charge >= 0.3 is 0 Å². The number of carbonyl (C=O) groups is 1. The largest absolute Gasteiger partial charge is 0.455 e. The molecule has 32 heavy (non-hydrogen) atoms. The Morgan fingerprint density at radius 3 is 2.62 bits per heavy atom. The number of carbonyl (C=O) groups excluding carboxylic acids is 1. The number of anilines is 1. The van der Waals surface area contributed by atoms with Crippen molar-refractivity contribution in [2.75, 3.05) is 10.7 Å². The van der Waals surface area contributed by atoms with E-state index in [1.165, 1.54) is 12.1 Å². The summed E-state index contributed by atoms with van der Waals surface area (Å²) in [5, 5.41) is 10.9. The Labute approximate surface area is 191 Å². The second-order valence-electron chi connectivity index (χ2n) is 8.99. The molecule has 7 heteroatoms. The molecule has 1 atom stereocenters. The van der Waals surface area contributed by atoms with Gasteiger partial charge in [0.15, 0.2) is 10.9 Å². The number of ketones is 1. The molecule has 0 radical (unpaired) electrons. The van der Waals surface area contributed by atoms with Crippen molar-refractivity contribution in [3.63, 3.8) is 0 Å². The normalized spacial score (nSPS) is 20.4. The van der Waals surface area contributed by atoms with Crippen molar-refractivity contribution in [3.8, 4) is 6.07 Å². The summed E-state index contributed by atoms with van der Waals surface area (Å²) < 4.78 is 19.5. The highest BCUT2D eigenvalue weighted by Gasteiger charge is 2.45. The molecule has 2 heterocycles. The standard InChI is InChI=1S/C25H26FN3O2S/c1-5-32-24-17(10-14(2)31-24)21-18(13-27)23(28)29(16-8-6-15(26)7-9-16)19-11-25(3,4)12-20(30)22(19)21/h6-10,21H,5,11-12,28H2,1-4H3. The number of hydrogen-bond acceptors (Lipinski definition) is 6. The van der Waals surface area contributed by atoms with Gasteiger partial charge in [0.25, 0.3) is 0 Å². The van der Waals surface area contributed by atoms with Gasteiger partial charge in [-0.05, 0) is 54.8 Å². The van der Waals surface area contributed by atoms with Crippen LogP contribution in [0, 0.1) is 29.5 Å². The van der Waals surface area contributed by atoms with Gasteiger partial charge in [-0.1, -0.05) is 32.5 Å². The van der Waals surface area contributed by atoms with Gasteiger partial charge in [0, 0.05) is 28.9 Å². The summed E-state index contributed by atoms with van der Waals surface area (Å²) in [5.74, 6) is 0.832. The van der Waals surface area contributed by atoms with Gasteiger partial charge < -0.3 is 10.2 Å². The minimum atomic E-state index is -0.582. The van der Waals surface area contributed by atoms with Crippen molar-refractivity contribution in [3.05, 3.63) is 70.1 Å². The predicted molar refractivity (Wildman–Crippen MR) is 123 cm³/mol. The molecule has 2 aliphatic rings. The third kappa shape index (κ3) is 3.73. The quantitative estimate of drug-likeness (QED) is 0.593. The van der Waals surface area contributed by atoms with E-state index in [9.17, 15) is 14.4 Å². The summed E-state index contributed by atoms with van der Waals surface area (Å²) in [4.78, 5) is 15.3. The fourth-order valence-electron chi connectivity index (χ4n) is 4.66. The van der Waals surface area contributed by atoms with E-state index in [4.69, 9.17) is 10.2 Å². The van der Waals surface area contributed by atoms with Crippen molar-refractivity contribution in [1.29, 1.82) is 5.26 Å². The van der Waals surface area contributed by atoms with Crippen molar-refractivity contribution in [1.82, 2.24) is 0 Å². The van der Waals surface area contributed by atoms with Crippen molar-refractivity contribution in [2.45, 2.75) is 51.5 Å². The van der Waals surface area contributed by atoms with Crippen LogP contribution in [0.1, 0.15) is 50.9 Å². The second kappa shape index (κ2) is 8.18. The van der Waals surface area contributed by atoms with Crippen LogP contribution in [0.5, 0.6) is 0 Å². The summed E-state index contributed by atoms with van der Waals surface area (Å²) in [5.41, 5.74) is 9.42. The topological polar surface area (TPSA) is 83.3 Å². The number of nitrogens with two attached hydrogens (primary N) is 1. The minimum absolute atomic E-state index is 0.0000804. The van der Waals surface area contributed by atoms with Gasteiger partial charge in [-0.3, -0.25) is 9.69 Å². The maximum Gasteiger partial charge on any atom is 0.164 e. The monoisotopic (exact) mass is 451 g/mol. The molecule has 0 spiro atoms. The average molecular weight is 452 g/mol. The lowest BCUT2D eigenvalue weighted by atomic mass is 9.69. The third-order valence-corrected chi connectivity index (χ3v) is 6.77. The number of rotatable bonds is 4. The van der Waals surface area contributed by atoms with Crippen LogP contribution in [0.15, 0.2) is 62.5 Å². The minimum Gasteiger partial charge on any atom is -0.455 e. The summed E-state index contributed by atoms with van der Waals surface area (Å²) in [6.45, 7) is 7.98. The maximum absolute atomic E-state index is 13.6. The van der Waals surface area contributed by atoms with E-state index < -0.39 is 5.92 Å². The van der Waals surface area contributed by atoms with Gasteiger partial charge in [-0.2, -0.15) is 5.26 Å². The number of allylic oxidation sites excluding steroid dienone is 3. The molecule has 2 N–H and O–H groups in total. The van der Waals surface area contributed by atoms with Crippen LogP contribution in [0.2, 0.25) is 0 Å². The molecule has 0 saturated carbocycles. The van der Waals surface area contributed by atoms with Gasteiger partial charge in [-0.25, -0.2) is 4.39 Å². The number of nitrogens with zero attached hydrogens (tertiary/aromatic N) is 2. The molecule has 4 rings (SSSR count). The van der Waals surface area contributed by atoms with Crippen LogP contribution in [0.25, 0.3) is 0 Å². The highest BCUT2D eigenvalue weighted by Crippen LogP contribution is 2.51.